The molecule has 0 radical (unpaired) electrons. The molecule has 1 saturated heterocycles. The van der Waals surface area contributed by atoms with Crippen LogP contribution in [0.25, 0.3) is 11.0 Å². The summed E-state index contributed by atoms with van der Waals surface area (Å²) in [5.74, 6) is 0.589. The number of halogens is 3. The first kappa shape index (κ1) is 31.1. The van der Waals surface area contributed by atoms with Gasteiger partial charge in [-0.1, -0.05) is 29.3 Å². The number of hydrogen-bond acceptors (Lipinski definition) is 5. The molecule has 6 rings (SSSR count). The molecule has 1 N–H and O–H groups in total. The van der Waals surface area contributed by atoms with E-state index in [-0.39, 0.29) is 18.0 Å². The Morgan fingerprint density at radius 3 is 2.60 bits per heavy atom. The predicted octanol–water partition coefficient (Wildman–Crippen LogP) is 7.48. The number of carboxylic acids is 1. The number of hydrogen-bond donors (Lipinski definition) is 1. The Bertz CT molecular complexity index is 1830. The number of aryl methyl sites for hydroxylation is 1. The number of aromatic carboxylic acids is 1. The second-order valence-electron chi connectivity index (χ2n) is 11.5. The van der Waals surface area contributed by atoms with Crippen LogP contribution in [-0.4, -0.2) is 48.2 Å². The maximum Gasteiger partial charge on any atom is 0.335 e. The van der Waals surface area contributed by atoms with Crippen LogP contribution in [0.5, 0.6) is 5.75 Å². The standard InChI is InChI=1S/C34H34Cl2FN5O3/c1-2-41-21-38-17-28(41)18-42-31-15-25(34(43)44)3-5-30(31)39-33(42)19-40-9-7-22(8-10-40)11-23-12-24(14-27(37)13-23)20-45-32-6-4-26(35)16-29(32)36/h3-6,12-17,21-22H,2,7-11,18-20H2,1H3,(H,43,44). The van der Waals surface area contributed by atoms with Crippen molar-refractivity contribution in [3.8, 4) is 5.75 Å². The van der Waals surface area contributed by atoms with Crippen molar-refractivity contribution >= 4 is 40.2 Å². The van der Waals surface area contributed by atoms with Gasteiger partial charge in [0.05, 0.1) is 46.7 Å². The number of piperidine rings is 1. The van der Waals surface area contributed by atoms with Crippen molar-refractivity contribution in [1.82, 2.24) is 24.0 Å². The van der Waals surface area contributed by atoms with Gasteiger partial charge in [0.1, 0.15) is 24.0 Å². The van der Waals surface area contributed by atoms with Crippen molar-refractivity contribution in [2.45, 2.75) is 52.4 Å². The summed E-state index contributed by atoms with van der Waals surface area (Å²) in [5, 5.41) is 10.6. The highest BCUT2D eigenvalue weighted by atomic mass is 35.5. The third kappa shape index (κ3) is 7.32. The summed E-state index contributed by atoms with van der Waals surface area (Å²) in [6.07, 6.45) is 6.41. The van der Waals surface area contributed by atoms with Gasteiger partial charge in [0.2, 0.25) is 0 Å². The average molecular weight is 651 g/mol. The molecule has 3 heterocycles. The zero-order chi connectivity index (χ0) is 31.5. The van der Waals surface area contributed by atoms with Gasteiger partial charge in [-0.15, -0.1) is 0 Å². The largest absolute Gasteiger partial charge is 0.487 e. The molecule has 3 aromatic carbocycles. The van der Waals surface area contributed by atoms with Gasteiger partial charge in [-0.2, -0.15) is 0 Å². The fraction of sp³-hybridized carbons (Fsp3) is 0.324. The molecule has 0 saturated carbocycles. The molecule has 45 heavy (non-hydrogen) atoms. The van der Waals surface area contributed by atoms with Gasteiger partial charge in [-0.05, 0) is 105 Å². The molecule has 1 fully saturated rings. The maximum absolute atomic E-state index is 14.6. The SMILES string of the molecule is CCn1cncc1Cn1c(CN2CCC(Cc3cc(F)cc(COc4ccc(Cl)cc4Cl)c3)CC2)nc2ccc(C(=O)O)cc21. The van der Waals surface area contributed by atoms with E-state index in [1.807, 2.05) is 18.6 Å². The Morgan fingerprint density at radius 1 is 1.04 bits per heavy atom. The molecular weight excluding hydrogens is 616 g/mol. The van der Waals surface area contributed by atoms with Crippen LogP contribution in [-0.2, 0) is 32.7 Å². The quantitative estimate of drug-likeness (QED) is 0.160. The molecule has 5 aromatic rings. The van der Waals surface area contributed by atoms with Crippen LogP contribution in [0.1, 0.15) is 52.8 Å². The van der Waals surface area contributed by atoms with Crippen LogP contribution >= 0.6 is 23.2 Å². The first-order valence-electron chi connectivity index (χ1n) is 15.1. The highest BCUT2D eigenvalue weighted by molar-refractivity contribution is 6.35. The molecule has 0 atom stereocenters. The minimum atomic E-state index is -0.962. The van der Waals surface area contributed by atoms with E-state index < -0.39 is 5.97 Å². The predicted molar refractivity (Wildman–Crippen MR) is 173 cm³/mol. The third-order valence-corrected chi connectivity index (χ3v) is 8.97. The molecule has 8 nitrogen and oxygen atoms in total. The topological polar surface area (TPSA) is 85.4 Å². The summed E-state index contributed by atoms with van der Waals surface area (Å²) < 4.78 is 24.6. The van der Waals surface area contributed by atoms with Gasteiger partial charge in [0, 0.05) is 17.8 Å². The summed E-state index contributed by atoms with van der Waals surface area (Å²) in [5.41, 5.74) is 4.56. The van der Waals surface area contributed by atoms with Crippen molar-refractivity contribution in [3.63, 3.8) is 0 Å². The van der Waals surface area contributed by atoms with Crippen LogP contribution in [0, 0.1) is 11.7 Å². The number of fused-ring (bicyclic) bond motifs is 1. The molecule has 0 bridgehead atoms. The van der Waals surface area contributed by atoms with Crippen molar-refractivity contribution in [1.29, 1.82) is 0 Å². The van der Waals surface area contributed by atoms with E-state index in [1.165, 1.54) is 6.07 Å². The van der Waals surface area contributed by atoms with Gasteiger partial charge in [-0.25, -0.2) is 19.2 Å². The molecule has 0 aliphatic carbocycles. The lowest BCUT2D eigenvalue weighted by Gasteiger charge is -2.32. The molecule has 234 valence electrons. The summed E-state index contributed by atoms with van der Waals surface area (Å²) in [4.78, 5) is 23.4. The Balaban J connectivity index is 1.12. The normalized spacial score (nSPS) is 14.3. The van der Waals surface area contributed by atoms with Crippen molar-refractivity contribution < 1.29 is 19.0 Å². The second kappa shape index (κ2) is 13.6. The Morgan fingerprint density at radius 2 is 1.84 bits per heavy atom. The van der Waals surface area contributed by atoms with Gasteiger partial charge < -0.3 is 19.0 Å². The first-order valence-corrected chi connectivity index (χ1v) is 15.8. The number of aromatic nitrogens is 4. The van der Waals surface area contributed by atoms with E-state index in [9.17, 15) is 14.3 Å². The number of likely N-dealkylation sites (tertiary alicyclic amines) is 1. The maximum atomic E-state index is 14.6. The number of carbonyl (C=O) groups is 1. The van der Waals surface area contributed by atoms with Crippen LogP contribution in [0.15, 0.2) is 67.1 Å². The number of imidazole rings is 2. The van der Waals surface area contributed by atoms with Crippen LogP contribution in [0.2, 0.25) is 10.0 Å². The van der Waals surface area contributed by atoms with E-state index in [0.717, 1.165) is 72.6 Å². The molecule has 1 aliphatic rings. The van der Waals surface area contributed by atoms with E-state index in [2.05, 4.69) is 25.9 Å². The Kier molecular flexibility index (Phi) is 9.40. The fourth-order valence-corrected chi connectivity index (χ4v) is 6.55. The lowest BCUT2D eigenvalue weighted by Crippen LogP contribution is -2.34. The highest BCUT2D eigenvalue weighted by Crippen LogP contribution is 2.29. The van der Waals surface area contributed by atoms with Crippen molar-refractivity contribution in [3.05, 3.63) is 111 Å². The fourth-order valence-electron chi connectivity index (χ4n) is 6.08. The zero-order valence-corrected chi connectivity index (χ0v) is 26.4. The number of rotatable bonds is 11. The summed E-state index contributed by atoms with van der Waals surface area (Å²) in [7, 11) is 0. The van der Waals surface area contributed by atoms with Crippen LogP contribution < -0.4 is 4.74 Å². The first-order chi connectivity index (χ1) is 21.7. The van der Waals surface area contributed by atoms with E-state index in [1.54, 1.807) is 42.5 Å². The molecule has 0 unspecified atom stereocenters. The molecular formula is C34H34Cl2FN5O3. The molecule has 2 aromatic heterocycles. The smallest absolute Gasteiger partial charge is 0.335 e. The second-order valence-corrected chi connectivity index (χ2v) is 12.4. The van der Waals surface area contributed by atoms with E-state index >= 15 is 0 Å². The van der Waals surface area contributed by atoms with Gasteiger partial charge in [-0.3, -0.25) is 4.90 Å². The monoisotopic (exact) mass is 649 g/mol. The van der Waals surface area contributed by atoms with Crippen molar-refractivity contribution in [2.75, 3.05) is 13.1 Å². The van der Waals surface area contributed by atoms with E-state index in [4.69, 9.17) is 32.9 Å². The number of benzene rings is 3. The Hall–Kier alpha value is -3.92. The molecule has 0 spiro atoms. The minimum Gasteiger partial charge on any atom is -0.487 e. The molecule has 1 aliphatic heterocycles. The number of ether oxygens (including phenoxy) is 1. The van der Waals surface area contributed by atoms with Crippen LogP contribution in [0.4, 0.5) is 4.39 Å². The number of nitrogens with zero attached hydrogens (tertiary/aromatic N) is 5. The van der Waals surface area contributed by atoms with Crippen molar-refractivity contribution in [2.24, 2.45) is 5.92 Å². The number of carboxylic acid groups (broad SMARTS) is 1. The summed E-state index contributed by atoms with van der Waals surface area (Å²) >= 11 is 12.2. The molecule has 11 heteroatoms. The minimum absolute atomic E-state index is 0.207. The van der Waals surface area contributed by atoms with Gasteiger partial charge >= 0.3 is 5.97 Å². The van der Waals surface area contributed by atoms with Crippen LogP contribution in [0.3, 0.4) is 0 Å². The zero-order valence-electron chi connectivity index (χ0n) is 24.9. The van der Waals surface area contributed by atoms with Gasteiger partial charge in [0.15, 0.2) is 0 Å². The molecule has 0 amide bonds. The lowest BCUT2D eigenvalue weighted by atomic mass is 9.89. The summed E-state index contributed by atoms with van der Waals surface area (Å²) in [6.45, 7) is 6.05. The third-order valence-electron chi connectivity index (χ3n) is 8.44. The highest BCUT2D eigenvalue weighted by Gasteiger charge is 2.23. The summed E-state index contributed by atoms with van der Waals surface area (Å²) in [6, 6.07) is 15.2. The van der Waals surface area contributed by atoms with Gasteiger partial charge in [0.25, 0.3) is 0 Å². The Labute approximate surface area is 271 Å². The average Bonchev–Trinajstić information content (AvgIpc) is 3.61. The van der Waals surface area contributed by atoms with E-state index in [0.29, 0.717) is 34.8 Å². The lowest BCUT2D eigenvalue weighted by molar-refractivity contribution is 0.0697.